The first-order valence-corrected chi connectivity index (χ1v) is 11.4. The average molecular weight is 456 g/mol. The topological polar surface area (TPSA) is 43.4 Å². The van der Waals surface area contributed by atoms with Crippen molar-refractivity contribution in [1.82, 2.24) is 0 Å². The molecule has 0 radical (unpaired) electrons. The number of carbonyl (C=O) groups excluding carboxylic acids is 2. The average Bonchev–Trinajstić information content (AvgIpc) is 2.89. The van der Waals surface area contributed by atoms with E-state index in [1.165, 1.54) is 13.3 Å². The van der Waals surface area contributed by atoms with Crippen molar-refractivity contribution in [3.8, 4) is 0 Å². The van der Waals surface area contributed by atoms with E-state index in [4.69, 9.17) is 4.74 Å². The van der Waals surface area contributed by atoms with Crippen LogP contribution in [0.3, 0.4) is 0 Å². The Morgan fingerprint density at radius 2 is 2.08 bits per heavy atom. The zero-order chi connectivity index (χ0) is 17.8. The van der Waals surface area contributed by atoms with Crippen molar-refractivity contribution in [2.24, 2.45) is 28.6 Å². The molecule has 6 atom stereocenters. The Hall–Kier alpha value is -0.390. The summed E-state index contributed by atoms with van der Waals surface area (Å²) < 4.78 is 6.69. The summed E-state index contributed by atoms with van der Waals surface area (Å²) in [4.78, 5) is 23.9. The predicted molar refractivity (Wildman–Crippen MR) is 105 cm³/mol. The van der Waals surface area contributed by atoms with Crippen molar-refractivity contribution >= 4 is 34.3 Å². The predicted octanol–water partition coefficient (Wildman–Crippen LogP) is 4.87. The summed E-state index contributed by atoms with van der Waals surface area (Å²) >= 11 is 2.59. The molecule has 138 valence electrons. The van der Waals surface area contributed by atoms with E-state index < -0.39 is 0 Å². The van der Waals surface area contributed by atoms with E-state index in [1.54, 1.807) is 5.57 Å². The van der Waals surface area contributed by atoms with E-state index in [9.17, 15) is 9.59 Å². The SMILES string of the molecule is CC(=O)O[C@H]1CC[C@@]2(CI)C(=CC[C@@H]3[C@@H]2CC[C@]2(C)C(=O)CC[C@@H]32)C1. The van der Waals surface area contributed by atoms with Gasteiger partial charge in [0.25, 0.3) is 0 Å². The molecule has 4 aliphatic rings. The molecule has 3 saturated carbocycles. The molecule has 0 bridgehead atoms. The van der Waals surface area contributed by atoms with Gasteiger partial charge in [0.2, 0.25) is 0 Å². The molecule has 25 heavy (non-hydrogen) atoms. The number of fused-ring (bicyclic) bond motifs is 5. The van der Waals surface area contributed by atoms with Crippen LogP contribution in [0.2, 0.25) is 0 Å². The van der Waals surface area contributed by atoms with Crippen LogP contribution in [0.4, 0.5) is 0 Å². The van der Waals surface area contributed by atoms with Gasteiger partial charge in [-0.05, 0) is 56.3 Å². The fourth-order valence-corrected chi connectivity index (χ4v) is 8.22. The van der Waals surface area contributed by atoms with Gasteiger partial charge in [-0.15, -0.1) is 0 Å². The van der Waals surface area contributed by atoms with Crippen LogP contribution in [0, 0.1) is 28.6 Å². The van der Waals surface area contributed by atoms with Gasteiger partial charge in [0.05, 0.1) is 0 Å². The summed E-state index contributed by atoms with van der Waals surface area (Å²) in [6.07, 6.45) is 10.9. The van der Waals surface area contributed by atoms with Crippen molar-refractivity contribution < 1.29 is 14.3 Å². The van der Waals surface area contributed by atoms with Crippen LogP contribution in [0.15, 0.2) is 11.6 Å². The first-order valence-electron chi connectivity index (χ1n) is 9.87. The molecule has 0 spiro atoms. The number of alkyl halides is 1. The standard InChI is InChI=1S/C21H29IO3/c1-13(23)25-15-7-10-21(12-22)14(11-15)3-4-16-17-5-6-19(24)20(17,2)9-8-18(16)21/h3,15-18H,4-12H2,1-2H3/t15-,16-,17-,18-,20-,21+/m0/s1. The molecule has 0 saturated heterocycles. The maximum atomic E-state index is 12.5. The molecule has 0 aromatic carbocycles. The monoisotopic (exact) mass is 456 g/mol. The van der Waals surface area contributed by atoms with Gasteiger partial charge in [-0.1, -0.05) is 41.2 Å². The second-order valence-corrected chi connectivity index (χ2v) is 9.79. The Bertz CT molecular complexity index is 627. The lowest BCUT2D eigenvalue weighted by molar-refractivity contribution is -0.148. The van der Waals surface area contributed by atoms with Crippen molar-refractivity contribution in [2.75, 3.05) is 4.43 Å². The highest BCUT2D eigenvalue weighted by Crippen LogP contribution is 2.64. The van der Waals surface area contributed by atoms with E-state index in [2.05, 4.69) is 35.6 Å². The van der Waals surface area contributed by atoms with E-state index in [0.29, 0.717) is 23.5 Å². The molecular formula is C21H29IO3. The number of halogens is 1. The van der Waals surface area contributed by atoms with Crippen LogP contribution in [0.1, 0.15) is 65.2 Å². The van der Waals surface area contributed by atoms with Crippen LogP contribution in [0.25, 0.3) is 0 Å². The Morgan fingerprint density at radius 1 is 1.28 bits per heavy atom. The Balaban J connectivity index is 1.63. The number of carbonyl (C=O) groups is 2. The van der Waals surface area contributed by atoms with E-state index >= 15 is 0 Å². The van der Waals surface area contributed by atoms with Crippen molar-refractivity contribution in [3.05, 3.63) is 11.6 Å². The van der Waals surface area contributed by atoms with Crippen molar-refractivity contribution in [2.45, 2.75) is 71.3 Å². The fourth-order valence-electron chi connectivity index (χ4n) is 6.78. The van der Waals surface area contributed by atoms with Gasteiger partial charge >= 0.3 is 5.97 Å². The number of rotatable bonds is 2. The summed E-state index contributed by atoms with van der Waals surface area (Å²) in [6, 6.07) is 0. The second kappa shape index (κ2) is 6.35. The Kier molecular flexibility index (Phi) is 4.57. The highest BCUT2D eigenvalue weighted by atomic mass is 127. The summed E-state index contributed by atoms with van der Waals surface area (Å²) in [5, 5.41) is 0. The lowest BCUT2D eigenvalue weighted by Gasteiger charge is -2.57. The zero-order valence-electron chi connectivity index (χ0n) is 15.4. The molecular weight excluding hydrogens is 427 g/mol. The van der Waals surface area contributed by atoms with Gasteiger partial charge in [-0.3, -0.25) is 9.59 Å². The lowest BCUT2D eigenvalue weighted by atomic mass is 9.48. The van der Waals surface area contributed by atoms with Gasteiger partial charge < -0.3 is 4.74 Å². The molecule has 0 unspecified atom stereocenters. The molecule has 3 fully saturated rings. The fraction of sp³-hybridized carbons (Fsp3) is 0.810. The van der Waals surface area contributed by atoms with E-state index in [-0.39, 0.29) is 22.9 Å². The molecule has 0 aromatic rings. The van der Waals surface area contributed by atoms with Gasteiger partial charge in [0.15, 0.2) is 0 Å². The molecule has 0 amide bonds. The van der Waals surface area contributed by atoms with Gasteiger partial charge in [-0.25, -0.2) is 0 Å². The van der Waals surface area contributed by atoms with Gasteiger partial charge in [0.1, 0.15) is 11.9 Å². The Morgan fingerprint density at radius 3 is 2.80 bits per heavy atom. The first kappa shape index (κ1) is 18.0. The highest BCUT2D eigenvalue weighted by molar-refractivity contribution is 14.1. The Labute approximate surface area is 164 Å². The van der Waals surface area contributed by atoms with Gasteiger partial charge in [-0.2, -0.15) is 0 Å². The zero-order valence-corrected chi connectivity index (χ0v) is 17.5. The third-order valence-corrected chi connectivity index (χ3v) is 9.42. The minimum Gasteiger partial charge on any atom is -0.462 e. The molecule has 4 rings (SSSR count). The van der Waals surface area contributed by atoms with Crippen molar-refractivity contribution in [1.29, 1.82) is 0 Å². The quantitative estimate of drug-likeness (QED) is 0.258. The number of hydrogen-bond donors (Lipinski definition) is 0. The molecule has 3 nitrogen and oxygen atoms in total. The van der Waals surface area contributed by atoms with Crippen LogP contribution in [-0.2, 0) is 14.3 Å². The molecule has 0 aromatic heterocycles. The number of hydrogen-bond acceptors (Lipinski definition) is 3. The van der Waals surface area contributed by atoms with E-state index in [0.717, 1.165) is 49.4 Å². The van der Waals surface area contributed by atoms with Crippen LogP contribution in [0.5, 0.6) is 0 Å². The second-order valence-electron chi connectivity index (χ2n) is 9.02. The summed E-state index contributed by atoms with van der Waals surface area (Å²) in [6.45, 7) is 3.77. The number of esters is 1. The molecule has 0 aliphatic heterocycles. The van der Waals surface area contributed by atoms with Crippen molar-refractivity contribution in [3.63, 3.8) is 0 Å². The number of ketones is 1. The summed E-state index contributed by atoms with van der Waals surface area (Å²) in [7, 11) is 0. The smallest absolute Gasteiger partial charge is 0.302 e. The minimum atomic E-state index is -0.154. The molecule has 0 heterocycles. The summed E-state index contributed by atoms with van der Waals surface area (Å²) in [5.74, 6) is 2.34. The number of ether oxygens (including phenoxy) is 1. The van der Waals surface area contributed by atoms with E-state index in [1.807, 2.05) is 0 Å². The maximum absolute atomic E-state index is 12.5. The number of Topliss-reactive ketones (excluding diaryl/α,β-unsaturated/α-hetero) is 1. The third kappa shape index (κ3) is 2.64. The number of allylic oxidation sites excluding steroid dienone is 1. The summed E-state index contributed by atoms with van der Waals surface area (Å²) in [5.41, 5.74) is 1.79. The molecule has 0 N–H and O–H groups in total. The van der Waals surface area contributed by atoms with Crippen LogP contribution >= 0.6 is 22.6 Å². The molecule has 4 aliphatic carbocycles. The van der Waals surface area contributed by atoms with Crippen LogP contribution in [-0.4, -0.2) is 22.3 Å². The maximum Gasteiger partial charge on any atom is 0.302 e. The first-order chi connectivity index (χ1) is 11.9. The minimum absolute atomic E-state index is 0.0477. The van der Waals surface area contributed by atoms with Crippen LogP contribution < -0.4 is 0 Å². The van der Waals surface area contributed by atoms with Gasteiger partial charge in [0, 0.05) is 35.0 Å². The highest BCUT2D eigenvalue weighted by Gasteiger charge is 2.59. The lowest BCUT2D eigenvalue weighted by Crippen LogP contribution is -2.52. The third-order valence-electron chi connectivity index (χ3n) is 8.06. The largest absolute Gasteiger partial charge is 0.462 e. The normalized spacial score (nSPS) is 45.9. The molecule has 4 heteroatoms.